The molecular formula is C7H8NO2. The molecule has 2 heterocycles. The van der Waals surface area contributed by atoms with Crippen molar-refractivity contribution in [2.24, 2.45) is 0 Å². The van der Waals surface area contributed by atoms with E-state index in [0.29, 0.717) is 6.54 Å². The van der Waals surface area contributed by atoms with Crippen LogP contribution in [0.25, 0.3) is 0 Å². The van der Waals surface area contributed by atoms with Gasteiger partial charge in [0, 0.05) is 6.54 Å². The van der Waals surface area contributed by atoms with E-state index >= 15 is 0 Å². The van der Waals surface area contributed by atoms with Crippen LogP contribution in [0.1, 0.15) is 6.42 Å². The van der Waals surface area contributed by atoms with Crippen molar-refractivity contribution in [3.05, 3.63) is 18.8 Å². The molecule has 1 atom stereocenters. The summed E-state index contributed by atoms with van der Waals surface area (Å²) >= 11 is 0. The monoisotopic (exact) mass is 138 g/mol. The second-order valence-corrected chi connectivity index (χ2v) is 2.45. The number of hydrogen-bond donors (Lipinski definition) is 0. The van der Waals surface area contributed by atoms with Crippen LogP contribution < -0.4 is 0 Å². The third kappa shape index (κ3) is 0.701. The number of cyclic esters (lactones) is 1. The largest absolute Gasteiger partial charge is 0.440 e. The highest BCUT2D eigenvalue weighted by Gasteiger charge is 2.33. The second-order valence-electron chi connectivity index (χ2n) is 2.45. The summed E-state index contributed by atoms with van der Waals surface area (Å²) in [5.74, 6) is 0. The van der Waals surface area contributed by atoms with Crippen molar-refractivity contribution in [3.8, 4) is 0 Å². The van der Waals surface area contributed by atoms with Crippen LogP contribution in [-0.2, 0) is 4.74 Å². The minimum Gasteiger partial charge on any atom is -0.440 e. The van der Waals surface area contributed by atoms with Crippen LogP contribution in [0.5, 0.6) is 0 Å². The van der Waals surface area contributed by atoms with E-state index in [2.05, 4.69) is 6.08 Å². The van der Waals surface area contributed by atoms with E-state index in [1.807, 2.05) is 6.08 Å². The topological polar surface area (TPSA) is 29.5 Å². The SMILES string of the molecule is O=C1O[CH]C2CC=CCN12. The van der Waals surface area contributed by atoms with Gasteiger partial charge in [-0.3, -0.25) is 4.90 Å². The molecule has 0 N–H and O–H groups in total. The highest BCUT2D eigenvalue weighted by Crippen LogP contribution is 2.21. The molecule has 1 radical (unpaired) electrons. The number of ether oxygens (including phenoxy) is 1. The molecule has 0 aromatic rings. The quantitative estimate of drug-likeness (QED) is 0.466. The maximum Gasteiger partial charge on any atom is 0.410 e. The molecule has 53 valence electrons. The van der Waals surface area contributed by atoms with Crippen LogP contribution >= 0.6 is 0 Å². The third-order valence-electron chi connectivity index (χ3n) is 1.81. The van der Waals surface area contributed by atoms with Gasteiger partial charge in [-0.2, -0.15) is 0 Å². The zero-order valence-electron chi connectivity index (χ0n) is 5.49. The van der Waals surface area contributed by atoms with Crippen LogP contribution in [0.3, 0.4) is 0 Å². The van der Waals surface area contributed by atoms with Crippen LogP contribution in [0, 0.1) is 6.61 Å². The van der Waals surface area contributed by atoms with E-state index in [1.165, 1.54) is 0 Å². The highest BCUT2D eigenvalue weighted by molar-refractivity contribution is 5.71. The summed E-state index contributed by atoms with van der Waals surface area (Å²) in [6.45, 7) is 2.30. The van der Waals surface area contributed by atoms with Crippen molar-refractivity contribution in [1.82, 2.24) is 4.90 Å². The van der Waals surface area contributed by atoms with Gasteiger partial charge in [-0.15, -0.1) is 0 Å². The Morgan fingerprint density at radius 3 is 3.30 bits per heavy atom. The lowest BCUT2D eigenvalue weighted by molar-refractivity contribution is 0.167. The molecule has 3 heteroatoms. The van der Waals surface area contributed by atoms with E-state index in [1.54, 1.807) is 11.5 Å². The molecule has 1 saturated heterocycles. The van der Waals surface area contributed by atoms with Crippen molar-refractivity contribution in [3.63, 3.8) is 0 Å². The summed E-state index contributed by atoms with van der Waals surface area (Å²) in [6, 6.07) is 0.192. The normalized spacial score (nSPS) is 30.2. The number of carbonyl (C=O) groups is 1. The van der Waals surface area contributed by atoms with Crippen LogP contribution in [0.4, 0.5) is 4.79 Å². The summed E-state index contributed by atoms with van der Waals surface area (Å²) in [5.41, 5.74) is 0. The lowest BCUT2D eigenvalue weighted by Crippen LogP contribution is -2.34. The van der Waals surface area contributed by atoms with Gasteiger partial charge in [-0.05, 0) is 6.42 Å². The lowest BCUT2D eigenvalue weighted by atomic mass is 10.1. The van der Waals surface area contributed by atoms with Gasteiger partial charge in [0.25, 0.3) is 0 Å². The number of amides is 1. The van der Waals surface area contributed by atoms with E-state index in [4.69, 9.17) is 4.74 Å². The van der Waals surface area contributed by atoms with Crippen LogP contribution in [-0.4, -0.2) is 23.6 Å². The smallest absolute Gasteiger partial charge is 0.410 e. The third-order valence-corrected chi connectivity index (χ3v) is 1.81. The number of fused-ring (bicyclic) bond motifs is 1. The average Bonchev–Trinajstić information content (AvgIpc) is 2.34. The zero-order valence-corrected chi connectivity index (χ0v) is 5.49. The summed E-state index contributed by atoms with van der Waals surface area (Å²) < 4.78 is 4.72. The molecule has 2 rings (SSSR count). The van der Waals surface area contributed by atoms with Gasteiger partial charge in [-0.25, -0.2) is 4.79 Å². The van der Waals surface area contributed by atoms with Crippen molar-refractivity contribution in [1.29, 1.82) is 0 Å². The predicted octanol–water partition coefficient (Wildman–Crippen LogP) is 0.929. The fourth-order valence-electron chi connectivity index (χ4n) is 1.23. The molecule has 2 aliphatic heterocycles. The standard InChI is InChI=1S/C7H8NO2/c9-7-8-4-2-1-3-6(8)5-10-7/h1-2,5-6H,3-4H2. The van der Waals surface area contributed by atoms with Gasteiger partial charge in [0.2, 0.25) is 0 Å². The first-order valence-corrected chi connectivity index (χ1v) is 3.33. The van der Waals surface area contributed by atoms with Crippen molar-refractivity contribution >= 4 is 6.09 Å². The fourth-order valence-corrected chi connectivity index (χ4v) is 1.23. The number of nitrogens with zero attached hydrogens (tertiary/aromatic N) is 1. The van der Waals surface area contributed by atoms with E-state index in [0.717, 1.165) is 6.42 Å². The fraction of sp³-hybridized carbons (Fsp3) is 0.429. The Hall–Kier alpha value is -0.990. The van der Waals surface area contributed by atoms with Gasteiger partial charge in [0.1, 0.15) is 0 Å². The molecule has 1 fully saturated rings. The summed E-state index contributed by atoms with van der Waals surface area (Å²) in [5, 5.41) is 0. The predicted molar refractivity (Wildman–Crippen MR) is 35.0 cm³/mol. The Labute approximate surface area is 59.3 Å². The molecule has 0 saturated carbocycles. The van der Waals surface area contributed by atoms with Crippen LogP contribution in [0.15, 0.2) is 12.2 Å². The summed E-state index contributed by atoms with van der Waals surface area (Å²) in [4.78, 5) is 12.6. The van der Waals surface area contributed by atoms with Crippen LogP contribution in [0.2, 0.25) is 0 Å². The Kier molecular flexibility index (Phi) is 1.16. The molecule has 0 bridgehead atoms. The molecule has 2 aliphatic rings. The molecule has 0 aliphatic carbocycles. The first kappa shape index (κ1) is 5.77. The molecule has 0 aromatic carbocycles. The first-order chi connectivity index (χ1) is 4.88. The van der Waals surface area contributed by atoms with Crippen molar-refractivity contribution in [2.75, 3.05) is 6.54 Å². The maximum absolute atomic E-state index is 10.8. The average molecular weight is 138 g/mol. The van der Waals surface area contributed by atoms with Crippen molar-refractivity contribution in [2.45, 2.75) is 12.5 Å². The van der Waals surface area contributed by atoms with Gasteiger partial charge in [-0.1, -0.05) is 12.2 Å². The first-order valence-electron chi connectivity index (χ1n) is 3.33. The lowest BCUT2D eigenvalue weighted by Gasteiger charge is -2.21. The Morgan fingerprint density at radius 2 is 2.50 bits per heavy atom. The minimum absolute atomic E-state index is 0.192. The molecule has 3 nitrogen and oxygen atoms in total. The Bertz CT molecular complexity index is 188. The number of carbonyl (C=O) groups excluding carboxylic acids is 1. The van der Waals surface area contributed by atoms with Gasteiger partial charge in [0.15, 0.2) is 6.61 Å². The van der Waals surface area contributed by atoms with E-state index in [9.17, 15) is 4.79 Å². The van der Waals surface area contributed by atoms with E-state index < -0.39 is 0 Å². The van der Waals surface area contributed by atoms with Gasteiger partial charge < -0.3 is 4.74 Å². The molecule has 0 aromatic heterocycles. The molecule has 10 heavy (non-hydrogen) atoms. The molecule has 1 unspecified atom stereocenters. The van der Waals surface area contributed by atoms with E-state index in [-0.39, 0.29) is 12.1 Å². The molecule has 0 spiro atoms. The molecular weight excluding hydrogens is 130 g/mol. The molecule has 1 amide bonds. The highest BCUT2D eigenvalue weighted by atomic mass is 16.6. The van der Waals surface area contributed by atoms with Gasteiger partial charge >= 0.3 is 6.09 Å². The Morgan fingerprint density at radius 1 is 1.60 bits per heavy atom. The summed E-state index contributed by atoms with van der Waals surface area (Å²) in [6.07, 6.45) is 4.73. The summed E-state index contributed by atoms with van der Waals surface area (Å²) in [7, 11) is 0. The zero-order chi connectivity index (χ0) is 6.97. The number of rotatable bonds is 0. The second kappa shape index (κ2) is 2.01. The number of hydrogen-bond acceptors (Lipinski definition) is 2. The minimum atomic E-state index is -0.214. The Balaban J connectivity index is 2.17. The van der Waals surface area contributed by atoms with Gasteiger partial charge in [0.05, 0.1) is 6.04 Å². The van der Waals surface area contributed by atoms with Crippen molar-refractivity contribution < 1.29 is 9.53 Å². The maximum atomic E-state index is 10.8.